The second-order valence-corrected chi connectivity index (χ2v) is 5.99. The summed E-state index contributed by atoms with van der Waals surface area (Å²) in [5.41, 5.74) is 7.74. The van der Waals surface area contributed by atoms with Crippen LogP contribution in [0.5, 0.6) is 0 Å². The molecule has 3 N–H and O–H groups in total. The number of nitrogens with one attached hydrogen (secondary N) is 1. The molecule has 1 aromatic heterocycles. The second-order valence-electron chi connectivity index (χ2n) is 3.27. The summed E-state index contributed by atoms with van der Waals surface area (Å²) in [6, 6.07) is 4.28. The number of anilines is 1. The molecule has 0 saturated carbocycles. The van der Waals surface area contributed by atoms with Gasteiger partial charge in [-0.25, -0.2) is 4.98 Å². The summed E-state index contributed by atoms with van der Waals surface area (Å²) in [6.07, 6.45) is 0.976. The summed E-state index contributed by atoms with van der Waals surface area (Å²) in [6.45, 7) is 2.13. The normalized spacial score (nSPS) is 10.6. The molecule has 3 nitrogen and oxygen atoms in total. The maximum absolute atomic E-state index is 5.43. The van der Waals surface area contributed by atoms with Crippen LogP contribution in [0, 0.1) is 3.57 Å². The number of rotatable bonds is 2. The highest BCUT2D eigenvalue weighted by Gasteiger charge is 2.08. The van der Waals surface area contributed by atoms with Crippen LogP contribution in [0.3, 0.4) is 0 Å². The van der Waals surface area contributed by atoms with E-state index in [0.29, 0.717) is 0 Å². The van der Waals surface area contributed by atoms with Gasteiger partial charge in [-0.1, -0.05) is 18.3 Å². The van der Waals surface area contributed by atoms with Gasteiger partial charge in [0.1, 0.15) is 0 Å². The second kappa shape index (κ2) is 4.80. The van der Waals surface area contributed by atoms with Crippen molar-refractivity contribution in [2.24, 2.45) is 5.73 Å². The number of hydrogen-bond acceptors (Lipinski definition) is 3. The third kappa shape index (κ3) is 2.44. The van der Waals surface area contributed by atoms with Crippen molar-refractivity contribution < 1.29 is 0 Å². The van der Waals surface area contributed by atoms with Crippen molar-refractivity contribution in [2.75, 3.05) is 5.32 Å². The highest BCUT2D eigenvalue weighted by Crippen LogP contribution is 2.30. The molecule has 0 spiro atoms. The van der Waals surface area contributed by atoms with Gasteiger partial charge < -0.3 is 11.1 Å². The maximum atomic E-state index is 5.43. The minimum absolute atomic E-state index is 0.256. The first kappa shape index (κ1) is 12.0. The van der Waals surface area contributed by atoms with Crippen molar-refractivity contribution in [1.82, 2.24) is 4.98 Å². The molecule has 2 rings (SSSR count). The third-order valence-corrected chi connectivity index (χ3v) is 3.79. The van der Waals surface area contributed by atoms with Gasteiger partial charge in [0.05, 0.1) is 10.2 Å². The molecule has 0 amide bonds. The Kier molecular flexibility index (Phi) is 3.60. The molecule has 0 bridgehead atoms. The topological polar surface area (TPSA) is 50.9 Å². The molecule has 6 heteroatoms. The van der Waals surface area contributed by atoms with E-state index in [1.54, 1.807) is 11.3 Å². The van der Waals surface area contributed by atoms with Crippen molar-refractivity contribution in [1.29, 1.82) is 0 Å². The standard InChI is InChI=1S/C10H10IN3S2/c1-2-5-3-6(11)4-7-8(5)13-10(16-7)14-9(12)15/h3-4H,2H2,1H3,(H3,12,13,14,15). The van der Waals surface area contributed by atoms with E-state index in [9.17, 15) is 0 Å². The predicted molar refractivity (Wildman–Crippen MR) is 82.1 cm³/mol. The van der Waals surface area contributed by atoms with Gasteiger partial charge in [-0.15, -0.1) is 0 Å². The predicted octanol–water partition coefficient (Wildman–Crippen LogP) is 3.12. The fourth-order valence-electron chi connectivity index (χ4n) is 1.49. The van der Waals surface area contributed by atoms with Crippen molar-refractivity contribution in [3.8, 4) is 0 Å². The van der Waals surface area contributed by atoms with Crippen LogP contribution < -0.4 is 11.1 Å². The Hall–Kier alpha value is -0.470. The first-order chi connectivity index (χ1) is 7.60. The molecule has 0 aliphatic rings. The molecular weight excluding hydrogens is 353 g/mol. The molecule has 0 aliphatic heterocycles. The summed E-state index contributed by atoms with van der Waals surface area (Å²) < 4.78 is 2.40. The quantitative estimate of drug-likeness (QED) is 0.636. The van der Waals surface area contributed by atoms with Crippen LogP contribution in [0.4, 0.5) is 5.13 Å². The van der Waals surface area contributed by atoms with Crippen LogP contribution >= 0.6 is 46.1 Å². The fraction of sp³-hybridized carbons (Fsp3) is 0.200. The number of fused-ring (bicyclic) bond motifs is 1. The lowest BCUT2D eigenvalue weighted by atomic mass is 10.1. The monoisotopic (exact) mass is 363 g/mol. The molecule has 84 valence electrons. The molecule has 2 aromatic rings. The van der Waals surface area contributed by atoms with Gasteiger partial charge in [-0.3, -0.25) is 0 Å². The minimum atomic E-state index is 0.256. The van der Waals surface area contributed by atoms with Gasteiger partial charge in [0.15, 0.2) is 10.2 Å². The number of thiocarbonyl (C=S) groups is 1. The molecule has 1 aromatic carbocycles. The Bertz CT molecular complexity index is 550. The van der Waals surface area contributed by atoms with E-state index < -0.39 is 0 Å². The summed E-state index contributed by atoms with van der Waals surface area (Å²) in [4.78, 5) is 4.50. The Morgan fingerprint density at radius 3 is 3.00 bits per heavy atom. The van der Waals surface area contributed by atoms with Gasteiger partial charge in [0, 0.05) is 3.57 Å². The Labute approximate surface area is 117 Å². The lowest BCUT2D eigenvalue weighted by molar-refractivity contribution is 1.15. The minimum Gasteiger partial charge on any atom is -0.376 e. The number of halogens is 1. The van der Waals surface area contributed by atoms with Gasteiger partial charge in [0.25, 0.3) is 0 Å². The summed E-state index contributed by atoms with van der Waals surface area (Å²) in [5, 5.41) is 3.90. The SMILES string of the molecule is CCc1cc(I)cc2sc(NC(N)=S)nc12. The zero-order valence-electron chi connectivity index (χ0n) is 8.58. The van der Waals surface area contributed by atoms with Crippen LogP contribution in [0.1, 0.15) is 12.5 Å². The highest BCUT2D eigenvalue weighted by atomic mass is 127. The largest absolute Gasteiger partial charge is 0.376 e. The average Bonchev–Trinajstić information content (AvgIpc) is 2.57. The molecule has 0 atom stereocenters. The number of aromatic nitrogens is 1. The van der Waals surface area contributed by atoms with E-state index in [1.165, 1.54) is 13.8 Å². The van der Waals surface area contributed by atoms with Crippen LogP contribution in [0.25, 0.3) is 10.2 Å². The van der Waals surface area contributed by atoms with Gasteiger partial charge in [-0.05, 0) is 58.9 Å². The van der Waals surface area contributed by atoms with Crippen molar-refractivity contribution >= 4 is 66.6 Å². The smallest absolute Gasteiger partial charge is 0.190 e. The number of thiazole rings is 1. The van der Waals surface area contributed by atoms with Crippen molar-refractivity contribution in [3.05, 3.63) is 21.3 Å². The molecular formula is C10H10IN3S2. The molecule has 0 saturated heterocycles. The Morgan fingerprint density at radius 1 is 1.62 bits per heavy atom. The average molecular weight is 363 g/mol. The molecule has 1 heterocycles. The summed E-state index contributed by atoms with van der Waals surface area (Å²) >= 11 is 8.70. The third-order valence-electron chi connectivity index (χ3n) is 2.15. The van der Waals surface area contributed by atoms with Gasteiger partial charge in [0.2, 0.25) is 0 Å². The van der Waals surface area contributed by atoms with E-state index in [2.05, 4.69) is 51.9 Å². The number of aryl methyl sites for hydroxylation is 1. The first-order valence-corrected chi connectivity index (χ1v) is 7.06. The van der Waals surface area contributed by atoms with Gasteiger partial charge in [-0.2, -0.15) is 0 Å². The Morgan fingerprint density at radius 2 is 2.38 bits per heavy atom. The van der Waals surface area contributed by atoms with E-state index in [0.717, 1.165) is 17.1 Å². The highest BCUT2D eigenvalue weighted by molar-refractivity contribution is 14.1. The number of nitrogens with two attached hydrogens (primary N) is 1. The maximum Gasteiger partial charge on any atom is 0.190 e. The number of hydrogen-bond donors (Lipinski definition) is 2. The van der Waals surface area contributed by atoms with E-state index >= 15 is 0 Å². The number of nitrogens with zero attached hydrogens (tertiary/aromatic N) is 1. The molecule has 16 heavy (non-hydrogen) atoms. The lowest BCUT2D eigenvalue weighted by Crippen LogP contribution is -2.18. The van der Waals surface area contributed by atoms with Crippen LogP contribution in [0.2, 0.25) is 0 Å². The zero-order chi connectivity index (χ0) is 11.7. The number of benzene rings is 1. The Balaban J connectivity index is 2.55. The lowest BCUT2D eigenvalue weighted by Gasteiger charge is -1.98. The fourth-order valence-corrected chi connectivity index (χ4v) is 3.52. The molecule has 0 radical (unpaired) electrons. The van der Waals surface area contributed by atoms with Crippen molar-refractivity contribution in [2.45, 2.75) is 13.3 Å². The first-order valence-electron chi connectivity index (χ1n) is 4.75. The van der Waals surface area contributed by atoms with Crippen LogP contribution in [-0.4, -0.2) is 10.1 Å². The van der Waals surface area contributed by atoms with Crippen molar-refractivity contribution in [3.63, 3.8) is 0 Å². The van der Waals surface area contributed by atoms with Crippen LogP contribution in [0.15, 0.2) is 12.1 Å². The van der Waals surface area contributed by atoms with E-state index in [1.807, 2.05) is 0 Å². The summed E-state index contributed by atoms with van der Waals surface area (Å²) in [7, 11) is 0. The molecule has 0 fully saturated rings. The molecule has 0 unspecified atom stereocenters. The van der Waals surface area contributed by atoms with Crippen LogP contribution in [-0.2, 0) is 6.42 Å². The molecule has 0 aliphatic carbocycles. The van der Waals surface area contributed by atoms with E-state index in [-0.39, 0.29) is 5.11 Å². The van der Waals surface area contributed by atoms with E-state index in [4.69, 9.17) is 18.0 Å². The van der Waals surface area contributed by atoms with Gasteiger partial charge >= 0.3 is 0 Å². The summed E-state index contributed by atoms with van der Waals surface area (Å²) in [5.74, 6) is 0. The zero-order valence-corrected chi connectivity index (χ0v) is 12.4.